The molecular formula is C15H12BrN3O. The van der Waals surface area contributed by atoms with Gasteiger partial charge in [-0.2, -0.15) is 5.26 Å². The van der Waals surface area contributed by atoms with Gasteiger partial charge in [0.2, 0.25) is 5.91 Å². The lowest BCUT2D eigenvalue weighted by molar-refractivity contribution is -0.114. The number of nitrogens with zero attached hydrogens (tertiary/aromatic N) is 1. The molecule has 0 heterocycles. The van der Waals surface area contributed by atoms with Gasteiger partial charge in [-0.1, -0.05) is 28.1 Å². The predicted octanol–water partition coefficient (Wildman–Crippen LogP) is 3.37. The fourth-order valence-corrected chi connectivity index (χ4v) is 1.90. The number of hydrogen-bond donors (Lipinski definition) is 2. The van der Waals surface area contributed by atoms with Crippen LogP contribution in [0.2, 0.25) is 0 Å². The summed E-state index contributed by atoms with van der Waals surface area (Å²) >= 11 is 3.35. The van der Waals surface area contributed by atoms with E-state index in [0.717, 1.165) is 10.2 Å². The normalized spacial score (nSPS) is 9.60. The molecule has 2 aromatic carbocycles. The summed E-state index contributed by atoms with van der Waals surface area (Å²) in [6.45, 7) is 0.140. The monoisotopic (exact) mass is 329 g/mol. The first-order chi connectivity index (χ1) is 9.69. The molecule has 0 saturated carbocycles. The molecule has 2 rings (SSSR count). The molecule has 20 heavy (non-hydrogen) atoms. The number of nitrogens with one attached hydrogen (secondary N) is 2. The van der Waals surface area contributed by atoms with E-state index in [4.69, 9.17) is 5.26 Å². The van der Waals surface area contributed by atoms with E-state index in [2.05, 4.69) is 26.6 Å². The maximum atomic E-state index is 11.8. The molecule has 0 bridgehead atoms. The highest BCUT2D eigenvalue weighted by Gasteiger charge is 2.05. The molecule has 4 nitrogen and oxygen atoms in total. The van der Waals surface area contributed by atoms with Crippen molar-refractivity contribution in [2.75, 3.05) is 17.2 Å². The fraction of sp³-hybridized carbons (Fsp3) is 0.0667. The molecular weight excluding hydrogens is 318 g/mol. The Bertz CT molecular complexity index is 647. The van der Waals surface area contributed by atoms with E-state index in [9.17, 15) is 4.79 Å². The number of hydrogen-bond acceptors (Lipinski definition) is 3. The van der Waals surface area contributed by atoms with Crippen molar-refractivity contribution in [2.24, 2.45) is 0 Å². The van der Waals surface area contributed by atoms with Gasteiger partial charge >= 0.3 is 0 Å². The number of carbonyl (C=O) groups is 1. The summed E-state index contributed by atoms with van der Waals surface area (Å²) in [7, 11) is 0. The van der Waals surface area contributed by atoms with Crippen molar-refractivity contribution in [3.63, 3.8) is 0 Å². The summed E-state index contributed by atoms with van der Waals surface area (Å²) < 4.78 is 0.982. The Morgan fingerprint density at radius 3 is 2.55 bits per heavy atom. The van der Waals surface area contributed by atoms with Crippen molar-refractivity contribution < 1.29 is 4.79 Å². The number of para-hydroxylation sites is 1. The van der Waals surface area contributed by atoms with E-state index < -0.39 is 0 Å². The molecule has 0 spiro atoms. The van der Waals surface area contributed by atoms with Crippen LogP contribution >= 0.6 is 15.9 Å². The molecule has 0 atom stereocenters. The van der Waals surface area contributed by atoms with Gasteiger partial charge in [-0.15, -0.1) is 0 Å². The van der Waals surface area contributed by atoms with Crippen LogP contribution in [0.15, 0.2) is 53.0 Å². The van der Waals surface area contributed by atoms with Crippen LogP contribution in [0, 0.1) is 11.3 Å². The molecule has 1 amide bonds. The highest BCUT2D eigenvalue weighted by molar-refractivity contribution is 9.10. The average molecular weight is 330 g/mol. The number of anilines is 2. The van der Waals surface area contributed by atoms with Gasteiger partial charge in [0.1, 0.15) is 6.07 Å². The standard InChI is InChI=1S/C15H12BrN3O/c16-12-5-7-13(8-6-12)18-10-15(20)19-14-4-2-1-3-11(14)9-17/h1-8,18H,10H2,(H,19,20). The Morgan fingerprint density at radius 2 is 1.85 bits per heavy atom. The Morgan fingerprint density at radius 1 is 1.15 bits per heavy atom. The third-order valence-corrected chi connectivity index (χ3v) is 3.15. The number of nitriles is 1. The first-order valence-electron chi connectivity index (χ1n) is 5.97. The lowest BCUT2D eigenvalue weighted by Gasteiger charge is -2.08. The van der Waals surface area contributed by atoms with Crippen LogP contribution in [0.5, 0.6) is 0 Å². The van der Waals surface area contributed by atoms with E-state index in [1.807, 2.05) is 30.3 Å². The lowest BCUT2D eigenvalue weighted by Crippen LogP contribution is -2.22. The van der Waals surface area contributed by atoms with Crippen molar-refractivity contribution in [1.82, 2.24) is 0 Å². The first-order valence-corrected chi connectivity index (χ1v) is 6.77. The van der Waals surface area contributed by atoms with Crippen LogP contribution in [-0.2, 0) is 4.79 Å². The minimum Gasteiger partial charge on any atom is -0.376 e. The van der Waals surface area contributed by atoms with Gasteiger partial charge in [0, 0.05) is 10.2 Å². The maximum Gasteiger partial charge on any atom is 0.243 e. The number of halogens is 1. The predicted molar refractivity (Wildman–Crippen MR) is 82.4 cm³/mol. The third kappa shape index (κ3) is 3.84. The molecule has 0 saturated heterocycles. The van der Waals surface area contributed by atoms with Crippen LogP contribution in [0.4, 0.5) is 11.4 Å². The molecule has 0 radical (unpaired) electrons. The quantitative estimate of drug-likeness (QED) is 0.903. The van der Waals surface area contributed by atoms with Crippen LogP contribution in [0.3, 0.4) is 0 Å². The topological polar surface area (TPSA) is 64.9 Å². The molecule has 100 valence electrons. The summed E-state index contributed by atoms with van der Waals surface area (Å²) in [5.41, 5.74) is 1.83. The van der Waals surface area contributed by atoms with Gasteiger partial charge in [-0.3, -0.25) is 4.79 Å². The van der Waals surface area contributed by atoms with E-state index in [-0.39, 0.29) is 12.5 Å². The molecule has 0 aliphatic rings. The minimum atomic E-state index is -0.199. The largest absolute Gasteiger partial charge is 0.376 e. The Hall–Kier alpha value is -2.32. The van der Waals surface area contributed by atoms with Crippen molar-refractivity contribution in [1.29, 1.82) is 5.26 Å². The second-order valence-electron chi connectivity index (χ2n) is 4.07. The second kappa shape index (κ2) is 6.73. The first kappa shape index (κ1) is 14.1. The number of benzene rings is 2. The van der Waals surface area contributed by atoms with Gasteiger partial charge in [0.05, 0.1) is 17.8 Å². The Labute approximate surface area is 125 Å². The second-order valence-corrected chi connectivity index (χ2v) is 4.98. The van der Waals surface area contributed by atoms with Gasteiger partial charge < -0.3 is 10.6 Å². The van der Waals surface area contributed by atoms with Crippen molar-refractivity contribution in [3.05, 3.63) is 58.6 Å². The summed E-state index contributed by atoms with van der Waals surface area (Å²) in [5.74, 6) is -0.199. The Balaban J connectivity index is 1.93. The fourth-order valence-electron chi connectivity index (χ4n) is 1.63. The van der Waals surface area contributed by atoms with Crippen molar-refractivity contribution in [2.45, 2.75) is 0 Å². The SMILES string of the molecule is N#Cc1ccccc1NC(=O)CNc1ccc(Br)cc1. The molecule has 2 N–H and O–H groups in total. The zero-order chi connectivity index (χ0) is 14.4. The highest BCUT2D eigenvalue weighted by atomic mass is 79.9. The smallest absolute Gasteiger partial charge is 0.243 e. The molecule has 2 aromatic rings. The van der Waals surface area contributed by atoms with Gasteiger partial charge in [0.25, 0.3) is 0 Å². The molecule has 0 unspecified atom stereocenters. The highest BCUT2D eigenvalue weighted by Crippen LogP contribution is 2.15. The van der Waals surface area contributed by atoms with Crippen LogP contribution in [-0.4, -0.2) is 12.5 Å². The van der Waals surface area contributed by atoms with Crippen molar-refractivity contribution in [3.8, 4) is 6.07 Å². The molecule has 0 aliphatic heterocycles. The van der Waals surface area contributed by atoms with Crippen LogP contribution < -0.4 is 10.6 Å². The third-order valence-electron chi connectivity index (χ3n) is 2.62. The van der Waals surface area contributed by atoms with E-state index in [1.165, 1.54) is 0 Å². The van der Waals surface area contributed by atoms with E-state index in [0.29, 0.717) is 11.3 Å². The summed E-state index contributed by atoms with van der Waals surface area (Å²) in [4.78, 5) is 11.8. The van der Waals surface area contributed by atoms with Crippen LogP contribution in [0.1, 0.15) is 5.56 Å². The zero-order valence-corrected chi connectivity index (χ0v) is 12.1. The Kier molecular flexibility index (Phi) is 4.75. The zero-order valence-electron chi connectivity index (χ0n) is 10.6. The van der Waals surface area contributed by atoms with Crippen molar-refractivity contribution >= 4 is 33.2 Å². The van der Waals surface area contributed by atoms with Gasteiger partial charge in [-0.25, -0.2) is 0 Å². The lowest BCUT2D eigenvalue weighted by atomic mass is 10.2. The van der Waals surface area contributed by atoms with Gasteiger partial charge in [0.15, 0.2) is 0 Å². The average Bonchev–Trinajstić information content (AvgIpc) is 2.47. The summed E-state index contributed by atoms with van der Waals surface area (Å²) in [6, 6.07) is 16.5. The number of carbonyl (C=O) groups excluding carboxylic acids is 1. The van der Waals surface area contributed by atoms with E-state index >= 15 is 0 Å². The number of amides is 1. The molecule has 5 heteroatoms. The summed E-state index contributed by atoms with van der Waals surface area (Å²) in [6.07, 6.45) is 0. The van der Waals surface area contributed by atoms with Gasteiger partial charge in [-0.05, 0) is 36.4 Å². The molecule has 0 fully saturated rings. The molecule has 0 aliphatic carbocycles. The van der Waals surface area contributed by atoms with Crippen LogP contribution in [0.25, 0.3) is 0 Å². The minimum absolute atomic E-state index is 0.140. The molecule has 0 aromatic heterocycles. The number of rotatable bonds is 4. The maximum absolute atomic E-state index is 11.8. The summed E-state index contributed by atoms with van der Waals surface area (Å²) in [5, 5.41) is 14.7. The van der Waals surface area contributed by atoms with E-state index in [1.54, 1.807) is 24.3 Å².